The molecule has 0 radical (unpaired) electrons. The van der Waals surface area contributed by atoms with Crippen LogP contribution in [0.15, 0.2) is 0 Å². The maximum Gasteiger partial charge on any atom is 0.337 e. The summed E-state index contributed by atoms with van der Waals surface area (Å²) in [6, 6.07) is 4.21. The summed E-state index contributed by atoms with van der Waals surface area (Å²) >= 11 is 0. The third-order valence-corrected chi connectivity index (χ3v) is 13.0. The van der Waals surface area contributed by atoms with Crippen LogP contribution in [-0.2, 0) is 17.7 Å². The molecule has 0 atom stereocenters. The molecule has 0 aliphatic heterocycles. The summed E-state index contributed by atoms with van der Waals surface area (Å²) in [5.74, 6) is 0. The first-order chi connectivity index (χ1) is 14.1. The van der Waals surface area contributed by atoms with Gasteiger partial charge in [-0.15, -0.1) is 0 Å². The van der Waals surface area contributed by atoms with Crippen LogP contribution in [0.5, 0.6) is 0 Å². The van der Waals surface area contributed by atoms with Crippen molar-refractivity contribution >= 4 is 17.1 Å². The average Bonchev–Trinajstić information content (AvgIpc) is 2.73. The lowest BCUT2D eigenvalue weighted by Crippen LogP contribution is -2.45. The van der Waals surface area contributed by atoms with Gasteiger partial charge in [0.15, 0.2) is 0 Å². The van der Waals surface area contributed by atoms with Crippen molar-refractivity contribution in [3.05, 3.63) is 0 Å². The van der Waals surface area contributed by atoms with Crippen molar-refractivity contribution in [2.45, 2.75) is 124 Å². The highest BCUT2D eigenvalue weighted by molar-refractivity contribution is 6.69. The van der Waals surface area contributed by atoms with Crippen LogP contribution < -0.4 is 0 Å². The van der Waals surface area contributed by atoms with Crippen LogP contribution in [0.3, 0.4) is 0 Å². The Hall–Kier alpha value is 0.274. The first-order valence-electron chi connectivity index (χ1n) is 12.6. The third-order valence-electron chi connectivity index (χ3n) is 5.64. The summed E-state index contributed by atoms with van der Waals surface area (Å²) in [5, 5.41) is 0. The van der Waals surface area contributed by atoms with E-state index in [0.717, 1.165) is 82.7 Å². The van der Waals surface area contributed by atoms with Crippen molar-refractivity contribution in [3.8, 4) is 0 Å². The lowest BCUT2D eigenvalue weighted by Gasteiger charge is -2.33. The van der Waals surface area contributed by atoms with E-state index in [9.17, 15) is 0 Å². The van der Waals surface area contributed by atoms with Gasteiger partial charge in [-0.05, 0) is 56.3 Å². The molecule has 0 saturated carbocycles. The molecule has 0 unspecified atom stereocenters. The van der Waals surface area contributed by atoms with Crippen LogP contribution in [0.25, 0.3) is 0 Å². The van der Waals surface area contributed by atoms with Gasteiger partial charge in [-0.25, -0.2) is 0 Å². The molecule has 0 spiro atoms. The molecule has 0 saturated heterocycles. The van der Waals surface area contributed by atoms with Gasteiger partial charge in [-0.3, -0.25) is 0 Å². The highest BCUT2D eigenvalue weighted by atomic mass is 28.4. The molecule has 176 valence electrons. The van der Waals surface area contributed by atoms with Crippen molar-refractivity contribution in [2.75, 3.05) is 26.4 Å². The predicted octanol–water partition coefficient (Wildman–Crippen LogP) is 7.57. The third kappa shape index (κ3) is 13.3. The fraction of sp³-hybridized carbons (Fsp3) is 1.00. The highest BCUT2D eigenvalue weighted by Gasteiger charge is 2.39. The Morgan fingerprint density at radius 2 is 0.690 bits per heavy atom. The van der Waals surface area contributed by atoms with E-state index in [0.29, 0.717) is 0 Å². The SMILES string of the molecule is CCCCO[Si](CC)(CCC[Si](CC)(OCCCC)OCCCC)OCCCC. The molecule has 0 amide bonds. The Labute approximate surface area is 184 Å². The highest BCUT2D eigenvalue weighted by Crippen LogP contribution is 2.28. The maximum atomic E-state index is 6.46. The molecule has 0 bridgehead atoms. The minimum absolute atomic E-state index is 0.846. The molecule has 0 aromatic heterocycles. The van der Waals surface area contributed by atoms with E-state index in [2.05, 4.69) is 41.5 Å². The smallest absolute Gasteiger partial charge is 0.337 e. The Morgan fingerprint density at radius 1 is 0.414 bits per heavy atom. The van der Waals surface area contributed by atoms with E-state index in [4.69, 9.17) is 17.7 Å². The number of unbranched alkanes of at least 4 members (excludes halogenated alkanes) is 4. The molecule has 0 fully saturated rings. The van der Waals surface area contributed by atoms with Crippen LogP contribution >= 0.6 is 0 Å². The zero-order chi connectivity index (χ0) is 21.8. The molecular formula is C23H52O4Si2. The van der Waals surface area contributed by atoms with Gasteiger partial charge in [0.2, 0.25) is 0 Å². The van der Waals surface area contributed by atoms with Crippen LogP contribution in [0, 0.1) is 0 Å². The van der Waals surface area contributed by atoms with Gasteiger partial charge in [-0.1, -0.05) is 67.2 Å². The topological polar surface area (TPSA) is 36.9 Å². The van der Waals surface area contributed by atoms with Gasteiger partial charge in [0.25, 0.3) is 0 Å². The van der Waals surface area contributed by atoms with Crippen LogP contribution in [0.4, 0.5) is 0 Å². The molecule has 0 rings (SSSR count). The number of rotatable bonds is 22. The van der Waals surface area contributed by atoms with Crippen molar-refractivity contribution < 1.29 is 17.7 Å². The molecule has 0 N–H and O–H groups in total. The van der Waals surface area contributed by atoms with Crippen molar-refractivity contribution in [2.24, 2.45) is 0 Å². The summed E-state index contributed by atoms with van der Waals surface area (Å²) < 4.78 is 25.8. The van der Waals surface area contributed by atoms with Crippen LogP contribution in [0.1, 0.15) is 99.3 Å². The second kappa shape index (κ2) is 19.0. The average molecular weight is 449 g/mol. The maximum absolute atomic E-state index is 6.46. The van der Waals surface area contributed by atoms with E-state index in [1.54, 1.807) is 0 Å². The molecule has 0 aliphatic carbocycles. The van der Waals surface area contributed by atoms with E-state index in [1.807, 2.05) is 0 Å². The van der Waals surface area contributed by atoms with E-state index >= 15 is 0 Å². The molecule has 29 heavy (non-hydrogen) atoms. The molecule has 0 aliphatic rings. The Bertz CT molecular complexity index is 304. The van der Waals surface area contributed by atoms with Crippen molar-refractivity contribution in [1.29, 1.82) is 0 Å². The molecular weight excluding hydrogens is 396 g/mol. The zero-order valence-electron chi connectivity index (χ0n) is 20.7. The monoisotopic (exact) mass is 448 g/mol. The lowest BCUT2D eigenvalue weighted by atomic mass is 10.4. The fourth-order valence-corrected chi connectivity index (χ4v) is 9.49. The molecule has 0 aromatic carbocycles. The minimum Gasteiger partial charge on any atom is -0.394 e. The summed E-state index contributed by atoms with van der Waals surface area (Å²) in [6.07, 6.45) is 10.3. The Kier molecular flexibility index (Phi) is 19.2. The fourth-order valence-electron chi connectivity index (χ4n) is 3.37. The summed E-state index contributed by atoms with van der Waals surface area (Å²) in [6.45, 7) is 16.8. The molecule has 4 nitrogen and oxygen atoms in total. The molecule has 6 heteroatoms. The van der Waals surface area contributed by atoms with Gasteiger partial charge >= 0.3 is 17.1 Å². The predicted molar refractivity (Wildman–Crippen MR) is 130 cm³/mol. The van der Waals surface area contributed by atoms with E-state index < -0.39 is 17.1 Å². The van der Waals surface area contributed by atoms with Gasteiger partial charge in [-0.2, -0.15) is 0 Å². The largest absolute Gasteiger partial charge is 0.394 e. The first kappa shape index (κ1) is 29.3. The molecule has 0 heterocycles. The van der Waals surface area contributed by atoms with Gasteiger partial charge in [0.05, 0.1) is 0 Å². The minimum atomic E-state index is -2.12. The molecule has 0 aromatic rings. The van der Waals surface area contributed by atoms with E-state index in [1.165, 1.54) is 25.7 Å². The van der Waals surface area contributed by atoms with E-state index in [-0.39, 0.29) is 0 Å². The zero-order valence-corrected chi connectivity index (χ0v) is 22.7. The summed E-state index contributed by atoms with van der Waals surface area (Å²) in [5.41, 5.74) is 0. The number of hydrogen-bond acceptors (Lipinski definition) is 4. The summed E-state index contributed by atoms with van der Waals surface area (Å²) in [4.78, 5) is 0. The lowest BCUT2D eigenvalue weighted by molar-refractivity contribution is 0.157. The van der Waals surface area contributed by atoms with Gasteiger partial charge in [0, 0.05) is 26.4 Å². The van der Waals surface area contributed by atoms with Crippen molar-refractivity contribution in [3.63, 3.8) is 0 Å². The quantitative estimate of drug-likeness (QED) is 0.126. The number of hydrogen-bond donors (Lipinski definition) is 0. The van der Waals surface area contributed by atoms with Crippen LogP contribution in [-0.4, -0.2) is 43.5 Å². The van der Waals surface area contributed by atoms with Crippen molar-refractivity contribution in [1.82, 2.24) is 0 Å². The first-order valence-corrected chi connectivity index (χ1v) is 17.1. The second-order valence-electron chi connectivity index (χ2n) is 8.19. The summed E-state index contributed by atoms with van der Waals surface area (Å²) in [7, 11) is -4.24. The standard InChI is InChI=1S/C23H52O4Si2/c1-7-13-18-24-28(11-5,25-19-14-8-2)22-17-23-29(12-6,26-20-15-9-3)27-21-16-10-4/h7-23H2,1-6H3. The Balaban J connectivity index is 4.95. The normalized spacial score (nSPS) is 12.6. The van der Waals surface area contributed by atoms with Crippen LogP contribution in [0.2, 0.25) is 24.2 Å². The van der Waals surface area contributed by atoms with Gasteiger partial charge in [0.1, 0.15) is 0 Å². The second-order valence-corrected chi connectivity index (χ2v) is 15.4. The van der Waals surface area contributed by atoms with Gasteiger partial charge < -0.3 is 17.7 Å². The Morgan fingerprint density at radius 3 is 0.897 bits per heavy atom.